The second-order valence-corrected chi connectivity index (χ2v) is 5.72. The first-order valence-corrected chi connectivity index (χ1v) is 7.75. The van der Waals surface area contributed by atoms with Gasteiger partial charge >= 0.3 is 0 Å². The van der Waals surface area contributed by atoms with Crippen LogP contribution in [-0.2, 0) is 6.54 Å². The van der Waals surface area contributed by atoms with E-state index in [2.05, 4.69) is 9.80 Å². The summed E-state index contributed by atoms with van der Waals surface area (Å²) in [7, 11) is 1.47. The van der Waals surface area contributed by atoms with Crippen LogP contribution < -0.4 is 9.64 Å². The smallest absolute Gasteiger partial charge is 0.165 e. The lowest BCUT2D eigenvalue weighted by Crippen LogP contribution is -2.46. The summed E-state index contributed by atoms with van der Waals surface area (Å²) in [5.41, 5.74) is 1.82. The molecule has 0 amide bonds. The third-order valence-corrected chi connectivity index (χ3v) is 4.22. The van der Waals surface area contributed by atoms with E-state index in [9.17, 15) is 9.50 Å². The fraction of sp³-hybridized carbons (Fsp3) is 0.333. The van der Waals surface area contributed by atoms with E-state index >= 15 is 0 Å². The van der Waals surface area contributed by atoms with Crippen molar-refractivity contribution < 1.29 is 14.2 Å². The van der Waals surface area contributed by atoms with Crippen LogP contribution in [0.2, 0.25) is 0 Å². The third-order valence-electron chi connectivity index (χ3n) is 4.22. The van der Waals surface area contributed by atoms with Crippen LogP contribution in [0.3, 0.4) is 0 Å². The van der Waals surface area contributed by atoms with Gasteiger partial charge in [0.2, 0.25) is 0 Å². The Balaban J connectivity index is 1.59. The van der Waals surface area contributed by atoms with E-state index < -0.39 is 0 Å². The number of para-hydroxylation sites is 2. The summed E-state index contributed by atoms with van der Waals surface area (Å²) >= 11 is 0. The molecule has 0 aliphatic carbocycles. The highest BCUT2D eigenvalue weighted by Crippen LogP contribution is 2.27. The number of methoxy groups -OCH3 is 1. The average molecular weight is 316 g/mol. The van der Waals surface area contributed by atoms with Gasteiger partial charge in [-0.3, -0.25) is 4.90 Å². The molecule has 2 aromatic carbocycles. The zero-order valence-electron chi connectivity index (χ0n) is 13.2. The minimum atomic E-state index is -0.321. The molecule has 2 aromatic rings. The highest BCUT2D eigenvalue weighted by molar-refractivity contribution is 5.57. The molecule has 1 fully saturated rings. The van der Waals surface area contributed by atoms with E-state index in [1.807, 2.05) is 24.3 Å². The van der Waals surface area contributed by atoms with E-state index in [0.717, 1.165) is 44.0 Å². The Kier molecular flexibility index (Phi) is 4.67. The number of phenolic OH excluding ortho intramolecular Hbond substituents is 1. The Morgan fingerprint density at radius 2 is 1.83 bits per heavy atom. The molecule has 1 aliphatic heterocycles. The first-order chi connectivity index (χ1) is 11.2. The molecule has 23 heavy (non-hydrogen) atoms. The van der Waals surface area contributed by atoms with E-state index in [0.29, 0.717) is 5.75 Å². The van der Waals surface area contributed by atoms with Gasteiger partial charge in [0.05, 0.1) is 12.8 Å². The summed E-state index contributed by atoms with van der Waals surface area (Å²) < 4.78 is 18.7. The summed E-state index contributed by atoms with van der Waals surface area (Å²) in [6.07, 6.45) is 0. The number of aromatic hydroxyl groups is 1. The van der Waals surface area contributed by atoms with Crippen molar-refractivity contribution in [3.63, 3.8) is 0 Å². The van der Waals surface area contributed by atoms with Crippen molar-refractivity contribution >= 4 is 5.69 Å². The molecule has 0 spiro atoms. The fourth-order valence-corrected chi connectivity index (χ4v) is 2.94. The Labute approximate surface area is 135 Å². The minimum Gasteiger partial charge on any atom is -0.506 e. The Hall–Kier alpha value is -2.27. The van der Waals surface area contributed by atoms with Gasteiger partial charge in [0, 0.05) is 32.7 Å². The average Bonchev–Trinajstić information content (AvgIpc) is 2.56. The molecule has 0 bridgehead atoms. The first-order valence-electron chi connectivity index (χ1n) is 7.75. The Bertz CT molecular complexity index is 670. The molecule has 1 heterocycles. The van der Waals surface area contributed by atoms with Crippen LogP contribution in [0.25, 0.3) is 0 Å². The number of rotatable bonds is 4. The van der Waals surface area contributed by atoms with Gasteiger partial charge in [0.15, 0.2) is 11.6 Å². The molecule has 0 atom stereocenters. The van der Waals surface area contributed by atoms with E-state index in [1.165, 1.54) is 13.2 Å². The van der Waals surface area contributed by atoms with Gasteiger partial charge in [-0.05, 0) is 29.8 Å². The molecule has 0 saturated carbocycles. The summed E-state index contributed by atoms with van der Waals surface area (Å²) in [6.45, 7) is 4.16. The third kappa shape index (κ3) is 3.56. The summed E-state index contributed by atoms with van der Waals surface area (Å²) in [6, 6.07) is 12.5. The van der Waals surface area contributed by atoms with E-state index in [-0.39, 0.29) is 11.6 Å². The maximum absolute atomic E-state index is 13.8. The van der Waals surface area contributed by atoms with Gasteiger partial charge in [-0.1, -0.05) is 18.2 Å². The van der Waals surface area contributed by atoms with Crippen LogP contribution in [0.4, 0.5) is 10.1 Å². The van der Waals surface area contributed by atoms with Crippen molar-refractivity contribution in [1.29, 1.82) is 0 Å². The van der Waals surface area contributed by atoms with Gasteiger partial charge in [-0.15, -0.1) is 0 Å². The molecule has 0 radical (unpaired) electrons. The SMILES string of the molecule is COc1ccc(CN2CCN(c3ccccc3O)CC2)cc1F. The monoisotopic (exact) mass is 316 g/mol. The molecule has 4 nitrogen and oxygen atoms in total. The van der Waals surface area contributed by atoms with Crippen molar-refractivity contribution in [2.75, 3.05) is 38.2 Å². The normalized spacial score (nSPS) is 15.7. The van der Waals surface area contributed by atoms with Crippen LogP contribution in [-0.4, -0.2) is 43.3 Å². The second-order valence-electron chi connectivity index (χ2n) is 5.72. The number of nitrogens with zero attached hydrogens (tertiary/aromatic N) is 2. The quantitative estimate of drug-likeness (QED) is 0.941. The summed E-state index contributed by atoms with van der Waals surface area (Å²) in [5, 5.41) is 9.93. The van der Waals surface area contributed by atoms with Crippen LogP contribution in [0.15, 0.2) is 42.5 Å². The van der Waals surface area contributed by atoms with E-state index in [1.54, 1.807) is 12.1 Å². The van der Waals surface area contributed by atoms with Crippen molar-refractivity contribution in [1.82, 2.24) is 4.90 Å². The van der Waals surface area contributed by atoms with Gasteiger partial charge < -0.3 is 14.7 Å². The lowest BCUT2D eigenvalue weighted by atomic mass is 10.1. The van der Waals surface area contributed by atoms with Gasteiger partial charge in [0.25, 0.3) is 0 Å². The highest BCUT2D eigenvalue weighted by Gasteiger charge is 2.19. The van der Waals surface area contributed by atoms with Crippen molar-refractivity contribution in [2.45, 2.75) is 6.54 Å². The van der Waals surface area contributed by atoms with Crippen LogP contribution >= 0.6 is 0 Å². The minimum absolute atomic E-state index is 0.276. The molecular formula is C18H21FN2O2. The molecule has 0 aromatic heterocycles. The lowest BCUT2D eigenvalue weighted by molar-refractivity contribution is 0.248. The van der Waals surface area contributed by atoms with Crippen LogP contribution in [0, 0.1) is 5.82 Å². The number of anilines is 1. The second kappa shape index (κ2) is 6.87. The number of ether oxygens (including phenoxy) is 1. The molecular weight excluding hydrogens is 295 g/mol. The van der Waals surface area contributed by atoms with Crippen molar-refractivity contribution in [3.05, 3.63) is 53.8 Å². The molecule has 122 valence electrons. The van der Waals surface area contributed by atoms with Crippen molar-refractivity contribution in [3.8, 4) is 11.5 Å². The molecule has 5 heteroatoms. The van der Waals surface area contributed by atoms with Crippen molar-refractivity contribution in [2.24, 2.45) is 0 Å². The van der Waals surface area contributed by atoms with Gasteiger partial charge in [-0.2, -0.15) is 0 Å². The van der Waals surface area contributed by atoms with Gasteiger partial charge in [0.1, 0.15) is 5.75 Å². The Morgan fingerprint density at radius 3 is 2.48 bits per heavy atom. The maximum Gasteiger partial charge on any atom is 0.165 e. The number of hydrogen-bond donors (Lipinski definition) is 1. The zero-order valence-corrected chi connectivity index (χ0v) is 13.2. The highest BCUT2D eigenvalue weighted by atomic mass is 19.1. The topological polar surface area (TPSA) is 35.9 Å². The predicted octanol–water partition coefficient (Wildman–Crippen LogP) is 2.86. The summed E-state index contributed by atoms with van der Waals surface area (Å²) in [4.78, 5) is 4.47. The molecule has 1 N–H and O–H groups in total. The number of halogens is 1. The Morgan fingerprint density at radius 1 is 1.09 bits per heavy atom. The molecule has 1 aliphatic rings. The molecule has 3 rings (SSSR count). The zero-order chi connectivity index (χ0) is 16.2. The predicted molar refractivity (Wildman–Crippen MR) is 88.5 cm³/mol. The number of piperazine rings is 1. The van der Waals surface area contributed by atoms with Crippen LogP contribution in [0.1, 0.15) is 5.56 Å². The largest absolute Gasteiger partial charge is 0.506 e. The number of benzene rings is 2. The van der Waals surface area contributed by atoms with Gasteiger partial charge in [-0.25, -0.2) is 4.39 Å². The molecule has 1 saturated heterocycles. The number of hydrogen-bond acceptors (Lipinski definition) is 4. The lowest BCUT2D eigenvalue weighted by Gasteiger charge is -2.36. The molecule has 0 unspecified atom stereocenters. The first kappa shape index (κ1) is 15.6. The maximum atomic E-state index is 13.8. The fourth-order valence-electron chi connectivity index (χ4n) is 2.94. The number of phenols is 1. The van der Waals surface area contributed by atoms with E-state index in [4.69, 9.17) is 4.74 Å². The standard InChI is InChI=1S/C18H21FN2O2/c1-23-18-7-6-14(12-15(18)19)13-20-8-10-21(11-9-20)16-4-2-3-5-17(16)22/h2-7,12,22H,8-11,13H2,1H3. The van der Waals surface area contributed by atoms with Crippen LogP contribution in [0.5, 0.6) is 11.5 Å². The summed E-state index contributed by atoms with van der Waals surface area (Å²) in [5.74, 6) is 0.272.